The van der Waals surface area contributed by atoms with Crippen molar-refractivity contribution in [1.29, 1.82) is 0 Å². The van der Waals surface area contributed by atoms with E-state index in [9.17, 15) is 21.6 Å². The predicted molar refractivity (Wildman–Crippen MR) is 62.8 cm³/mol. The van der Waals surface area contributed by atoms with Crippen molar-refractivity contribution in [2.24, 2.45) is 0 Å². The van der Waals surface area contributed by atoms with E-state index in [2.05, 4.69) is 4.98 Å². The van der Waals surface area contributed by atoms with Crippen molar-refractivity contribution in [3.63, 3.8) is 0 Å². The predicted octanol–water partition coefficient (Wildman–Crippen LogP) is 2.64. The summed E-state index contributed by atoms with van der Waals surface area (Å²) < 4.78 is 61.9. The van der Waals surface area contributed by atoms with Crippen molar-refractivity contribution in [2.45, 2.75) is 16.1 Å². The normalized spacial score (nSPS) is 12.3. The maximum Gasteiger partial charge on any atom is 0.416 e. The molecule has 2 rings (SSSR count). The molecule has 20 heavy (non-hydrogen) atoms. The lowest BCUT2D eigenvalue weighted by Crippen LogP contribution is -2.09. The third-order valence-electron chi connectivity index (χ3n) is 2.47. The molecular formula is C12H8F3NO3S. The summed E-state index contributed by atoms with van der Waals surface area (Å²) in [5.41, 5.74) is -1.06. The van der Waals surface area contributed by atoms with E-state index in [-0.39, 0.29) is 5.75 Å². The van der Waals surface area contributed by atoms with Crippen LogP contribution in [0.15, 0.2) is 52.5 Å². The molecule has 0 fully saturated rings. The smallest absolute Gasteiger partial charge is 0.416 e. The highest BCUT2D eigenvalue weighted by atomic mass is 32.2. The SMILES string of the molecule is O=S(=O)(c1cccc(C(F)(F)F)c1)c1ccc(O)cn1. The van der Waals surface area contributed by atoms with E-state index in [1.165, 1.54) is 0 Å². The Morgan fingerprint density at radius 1 is 1.10 bits per heavy atom. The number of alkyl halides is 3. The fraction of sp³-hybridized carbons (Fsp3) is 0.0833. The molecule has 0 aliphatic rings. The molecular weight excluding hydrogens is 295 g/mol. The molecule has 8 heteroatoms. The van der Waals surface area contributed by atoms with Crippen LogP contribution in [0.25, 0.3) is 0 Å². The number of aromatic nitrogens is 1. The van der Waals surface area contributed by atoms with Crippen molar-refractivity contribution >= 4 is 9.84 Å². The first-order valence-corrected chi connectivity index (χ1v) is 6.77. The Balaban J connectivity index is 2.53. The quantitative estimate of drug-likeness (QED) is 0.926. The molecule has 1 aromatic heterocycles. The van der Waals surface area contributed by atoms with Gasteiger partial charge in [0.15, 0.2) is 5.03 Å². The average Bonchev–Trinajstić information content (AvgIpc) is 2.38. The van der Waals surface area contributed by atoms with Gasteiger partial charge in [-0.25, -0.2) is 13.4 Å². The van der Waals surface area contributed by atoms with Gasteiger partial charge >= 0.3 is 6.18 Å². The number of pyridine rings is 1. The van der Waals surface area contributed by atoms with Crippen LogP contribution in [0.1, 0.15) is 5.56 Å². The summed E-state index contributed by atoms with van der Waals surface area (Å²) in [5.74, 6) is -0.243. The molecule has 0 bridgehead atoms. The Bertz CT molecular complexity index is 724. The second-order valence-corrected chi connectivity index (χ2v) is 5.78. The van der Waals surface area contributed by atoms with E-state index in [4.69, 9.17) is 5.11 Å². The molecule has 0 unspecified atom stereocenters. The van der Waals surface area contributed by atoms with Crippen molar-refractivity contribution in [1.82, 2.24) is 4.98 Å². The zero-order valence-corrected chi connectivity index (χ0v) is 10.6. The maximum atomic E-state index is 12.6. The van der Waals surface area contributed by atoms with Gasteiger partial charge in [-0.1, -0.05) is 6.07 Å². The molecule has 0 aliphatic heterocycles. The Morgan fingerprint density at radius 3 is 2.35 bits per heavy atom. The molecule has 0 amide bonds. The molecule has 1 N–H and O–H groups in total. The molecule has 1 heterocycles. The first kappa shape index (κ1) is 14.3. The van der Waals surface area contributed by atoms with Gasteiger partial charge in [0.25, 0.3) is 0 Å². The molecule has 0 radical (unpaired) electrons. The van der Waals surface area contributed by atoms with Crippen LogP contribution >= 0.6 is 0 Å². The third kappa shape index (κ3) is 2.74. The van der Waals surface area contributed by atoms with Gasteiger partial charge in [0, 0.05) is 0 Å². The zero-order valence-electron chi connectivity index (χ0n) is 9.79. The van der Waals surface area contributed by atoms with Crippen LogP contribution in [-0.2, 0) is 16.0 Å². The molecule has 0 atom stereocenters. The van der Waals surface area contributed by atoms with E-state index in [0.29, 0.717) is 6.07 Å². The Labute approximate surface area is 112 Å². The number of sulfone groups is 1. The number of aromatic hydroxyl groups is 1. The van der Waals surface area contributed by atoms with Gasteiger partial charge < -0.3 is 5.11 Å². The fourth-order valence-corrected chi connectivity index (χ4v) is 2.71. The minimum Gasteiger partial charge on any atom is -0.506 e. The standard InChI is InChI=1S/C12H8F3NO3S/c13-12(14,15)8-2-1-3-10(6-8)20(18,19)11-5-4-9(17)7-16-11/h1-7,17H. The van der Waals surface area contributed by atoms with Gasteiger partial charge in [-0.15, -0.1) is 0 Å². The Morgan fingerprint density at radius 2 is 1.80 bits per heavy atom. The summed E-state index contributed by atoms with van der Waals surface area (Å²) in [7, 11) is -4.16. The number of nitrogens with zero attached hydrogens (tertiary/aromatic N) is 1. The highest BCUT2D eigenvalue weighted by Crippen LogP contribution is 2.31. The fourth-order valence-electron chi connectivity index (χ4n) is 1.49. The van der Waals surface area contributed by atoms with Crippen LogP contribution in [0.5, 0.6) is 5.75 Å². The highest BCUT2D eigenvalue weighted by molar-refractivity contribution is 7.91. The lowest BCUT2D eigenvalue weighted by molar-refractivity contribution is -0.137. The first-order valence-electron chi connectivity index (χ1n) is 5.28. The van der Waals surface area contributed by atoms with Crippen molar-refractivity contribution in [3.05, 3.63) is 48.2 Å². The van der Waals surface area contributed by atoms with E-state index in [0.717, 1.165) is 36.5 Å². The zero-order chi connectivity index (χ0) is 15.0. The molecule has 4 nitrogen and oxygen atoms in total. The monoisotopic (exact) mass is 303 g/mol. The van der Waals surface area contributed by atoms with Crippen molar-refractivity contribution in [3.8, 4) is 5.75 Å². The Hall–Kier alpha value is -2.09. The van der Waals surface area contributed by atoms with Gasteiger partial charge in [-0.2, -0.15) is 13.2 Å². The molecule has 106 valence electrons. The van der Waals surface area contributed by atoms with E-state index < -0.39 is 31.5 Å². The largest absolute Gasteiger partial charge is 0.506 e. The van der Waals surface area contributed by atoms with Crippen LogP contribution in [0.3, 0.4) is 0 Å². The van der Waals surface area contributed by atoms with Gasteiger partial charge in [-0.3, -0.25) is 0 Å². The number of hydrogen-bond acceptors (Lipinski definition) is 4. The van der Waals surface area contributed by atoms with Crippen molar-refractivity contribution in [2.75, 3.05) is 0 Å². The van der Waals surface area contributed by atoms with Crippen LogP contribution < -0.4 is 0 Å². The lowest BCUT2D eigenvalue weighted by atomic mass is 10.2. The molecule has 0 spiro atoms. The van der Waals surface area contributed by atoms with E-state index >= 15 is 0 Å². The minimum absolute atomic E-state index is 0.243. The summed E-state index contributed by atoms with van der Waals surface area (Å²) in [5, 5.41) is 8.60. The summed E-state index contributed by atoms with van der Waals surface area (Å²) in [4.78, 5) is 2.99. The van der Waals surface area contributed by atoms with Crippen LogP contribution in [0, 0.1) is 0 Å². The average molecular weight is 303 g/mol. The highest BCUT2D eigenvalue weighted by Gasteiger charge is 2.32. The van der Waals surface area contributed by atoms with Gasteiger partial charge in [0.05, 0.1) is 16.7 Å². The molecule has 1 aromatic carbocycles. The van der Waals surface area contributed by atoms with Crippen LogP contribution in [0.4, 0.5) is 13.2 Å². The number of benzene rings is 1. The number of hydrogen-bond donors (Lipinski definition) is 1. The number of rotatable bonds is 2. The van der Waals surface area contributed by atoms with Gasteiger partial charge in [0.2, 0.25) is 9.84 Å². The summed E-state index contributed by atoms with van der Waals surface area (Å²) in [6.07, 6.45) is -3.73. The minimum atomic E-state index is -4.63. The Kier molecular flexibility index (Phi) is 3.43. The van der Waals surface area contributed by atoms with Crippen molar-refractivity contribution < 1.29 is 26.7 Å². The third-order valence-corrected chi connectivity index (χ3v) is 4.13. The number of halogens is 3. The van der Waals surface area contributed by atoms with E-state index in [1.807, 2.05) is 0 Å². The first-order chi connectivity index (χ1) is 9.21. The van der Waals surface area contributed by atoms with Crippen LogP contribution in [-0.4, -0.2) is 18.5 Å². The molecule has 2 aromatic rings. The summed E-state index contributed by atoms with van der Waals surface area (Å²) in [6, 6.07) is 5.50. The molecule has 0 saturated heterocycles. The second-order valence-electron chi connectivity index (χ2n) is 3.88. The molecule has 0 saturated carbocycles. The summed E-state index contributed by atoms with van der Waals surface area (Å²) >= 11 is 0. The summed E-state index contributed by atoms with van der Waals surface area (Å²) in [6.45, 7) is 0. The maximum absolute atomic E-state index is 12.6. The van der Waals surface area contributed by atoms with E-state index in [1.54, 1.807) is 0 Å². The topological polar surface area (TPSA) is 67.3 Å². The molecule has 0 aliphatic carbocycles. The van der Waals surface area contributed by atoms with Gasteiger partial charge in [-0.05, 0) is 30.3 Å². The second kappa shape index (κ2) is 4.78. The lowest BCUT2D eigenvalue weighted by Gasteiger charge is -2.09. The van der Waals surface area contributed by atoms with Crippen LogP contribution in [0.2, 0.25) is 0 Å². The van der Waals surface area contributed by atoms with Gasteiger partial charge in [0.1, 0.15) is 5.75 Å².